The first-order chi connectivity index (χ1) is 14.2. The fourth-order valence-electron chi connectivity index (χ4n) is 4.07. The quantitative estimate of drug-likeness (QED) is 0.320. The van der Waals surface area contributed by atoms with Crippen molar-refractivity contribution in [1.29, 1.82) is 0 Å². The van der Waals surface area contributed by atoms with Gasteiger partial charge in [-0.15, -0.1) is 0 Å². The van der Waals surface area contributed by atoms with Gasteiger partial charge in [0.2, 0.25) is 0 Å². The van der Waals surface area contributed by atoms with Crippen LogP contribution in [0.2, 0.25) is 12.6 Å². The van der Waals surface area contributed by atoms with Gasteiger partial charge in [-0.25, -0.2) is 0 Å². The summed E-state index contributed by atoms with van der Waals surface area (Å²) >= 11 is 0. The average molecular weight is 411 g/mol. The van der Waals surface area contributed by atoms with Crippen molar-refractivity contribution in [2.24, 2.45) is 0 Å². The third-order valence-electron chi connectivity index (χ3n) is 5.89. The van der Waals surface area contributed by atoms with Crippen LogP contribution in [0.5, 0.6) is 0 Å². The molecule has 0 heterocycles. The molecule has 0 fully saturated rings. The van der Waals surface area contributed by atoms with Crippen molar-refractivity contribution in [3.8, 4) is 0 Å². The van der Waals surface area contributed by atoms with Gasteiger partial charge in [0, 0.05) is 0 Å². The third-order valence-corrected chi connectivity index (χ3v) is 13.2. The zero-order valence-corrected chi connectivity index (χ0v) is 19.0. The van der Waals surface area contributed by atoms with E-state index in [0.717, 1.165) is 0 Å². The normalized spacial score (nSPS) is 13.2. The maximum Gasteiger partial charge on any atom is 0.115 e. The second kappa shape index (κ2) is 8.90. The highest BCUT2D eigenvalue weighted by molar-refractivity contribution is 7.80. The molecule has 1 atom stereocenters. The maximum atomic E-state index is 2.53. The van der Waals surface area contributed by atoms with E-state index in [0.29, 0.717) is 0 Å². The van der Waals surface area contributed by atoms with Gasteiger partial charge in [0.15, 0.2) is 0 Å². The summed E-state index contributed by atoms with van der Waals surface area (Å²) in [6.07, 6.45) is 0. The Balaban J connectivity index is 1.94. The van der Waals surface area contributed by atoms with Crippen LogP contribution < -0.4 is 26.3 Å². The monoisotopic (exact) mass is 410 g/mol. The second-order valence-corrected chi connectivity index (χ2v) is 14.2. The van der Waals surface area contributed by atoms with Crippen molar-refractivity contribution in [2.45, 2.75) is 19.5 Å². The lowest BCUT2D eigenvalue weighted by Crippen LogP contribution is -2.60. The molecule has 0 saturated heterocycles. The Kier molecular flexibility index (Phi) is 6.09. The van der Waals surface area contributed by atoms with Crippen molar-refractivity contribution < 1.29 is 0 Å². The van der Waals surface area contributed by atoms with Gasteiger partial charge in [0.1, 0.15) is 8.07 Å². The minimum absolute atomic E-state index is 0.592. The Morgan fingerprint density at radius 2 is 1.03 bits per heavy atom. The lowest BCUT2D eigenvalue weighted by atomic mass is 10.3. The van der Waals surface area contributed by atoms with E-state index in [1.165, 1.54) is 27.1 Å². The zero-order chi connectivity index (χ0) is 20.1. The molecule has 0 nitrogen and oxygen atoms in total. The smallest absolute Gasteiger partial charge is 0.0672 e. The van der Waals surface area contributed by atoms with E-state index >= 15 is 0 Å². The molecule has 0 radical (unpaired) electrons. The molecule has 0 bridgehead atoms. The van der Waals surface area contributed by atoms with Crippen molar-refractivity contribution in [1.82, 2.24) is 0 Å². The first-order valence-electron chi connectivity index (χ1n) is 10.3. The van der Waals surface area contributed by atoms with Gasteiger partial charge in [-0.1, -0.05) is 140 Å². The molecule has 4 aromatic rings. The van der Waals surface area contributed by atoms with E-state index in [2.05, 4.69) is 129 Å². The van der Waals surface area contributed by atoms with E-state index in [4.69, 9.17) is 0 Å². The van der Waals surface area contributed by atoms with Gasteiger partial charge in [0.25, 0.3) is 0 Å². The van der Waals surface area contributed by atoms with Gasteiger partial charge >= 0.3 is 0 Å². The summed E-state index contributed by atoms with van der Waals surface area (Å²) in [5, 5.41) is 7.45. The SMILES string of the molecule is CC[Si](C)(c1ccccc1)c1ccccc1P(c1ccccc1)c1ccccc1. The number of hydrogen-bond donors (Lipinski definition) is 0. The highest BCUT2D eigenvalue weighted by atomic mass is 31.1. The number of rotatable bonds is 6. The highest BCUT2D eigenvalue weighted by Crippen LogP contribution is 2.32. The molecular formula is C27H27PSi. The molecule has 4 rings (SSSR count). The predicted octanol–water partition coefficient (Wildman–Crippen LogP) is 4.66. The Labute approximate surface area is 177 Å². The topological polar surface area (TPSA) is 0 Å². The summed E-state index contributed by atoms with van der Waals surface area (Å²) in [6.45, 7) is 4.90. The van der Waals surface area contributed by atoms with Gasteiger partial charge in [-0.05, 0) is 29.0 Å². The fourth-order valence-corrected chi connectivity index (χ4v) is 10.6. The Morgan fingerprint density at radius 1 is 0.586 bits per heavy atom. The molecule has 0 aliphatic rings. The molecule has 144 valence electrons. The predicted molar refractivity (Wildman–Crippen MR) is 133 cm³/mol. The van der Waals surface area contributed by atoms with Crippen LogP contribution in [0.1, 0.15) is 6.92 Å². The maximum absolute atomic E-state index is 2.53. The highest BCUT2D eigenvalue weighted by Gasteiger charge is 2.34. The molecule has 0 amide bonds. The van der Waals surface area contributed by atoms with E-state index in [9.17, 15) is 0 Å². The molecule has 4 aromatic carbocycles. The van der Waals surface area contributed by atoms with Crippen molar-refractivity contribution >= 4 is 42.3 Å². The van der Waals surface area contributed by atoms with Gasteiger partial charge in [0.05, 0.1) is 0 Å². The molecule has 0 saturated carbocycles. The van der Waals surface area contributed by atoms with Gasteiger partial charge < -0.3 is 0 Å². The van der Waals surface area contributed by atoms with Crippen LogP contribution in [0.3, 0.4) is 0 Å². The van der Waals surface area contributed by atoms with Crippen LogP contribution in [0, 0.1) is 0 Å². The van der Waals surface area contributed by atoms with Crippen LogP contribution in [0.25, 0.3) is 0 Å². The standard InChI is InChI=1S/C27H27PSi/c1-3-29(2,25-19-11-6-12-20-25)27-22-14-13-21-26(27)28(23-15-7-4-8-16-23)24-17-9-5-10-18-24/h4-22H,3H2,1-2H3. The van der Waals surface area contributed by atoms with Gasteiger partial charge in [-0.2, -0.15) is 0 Å². The molecule has 1 unspecified atom stereocenters. The van der Waals surface area contributed by atoms with E-state index in [1.54, 1.807) is 5.19 Å². The minimum Gasteiger partial charge on any atom is -0.0672 e. The zero-order valence-electron chi connectivity index (χ0n) is 17.1. The molecule has 0 aliphatic carbocycles. The van der Waals surface area contributed by atoms with E-state index in [-0.39, 0.29) is 0 Å². The van der Waals surface area contributed by atoms with Crippen LogP contribution in [0.15, 0.2) is 115 Å². The molecule has 2 heteroatoms. The molecule has 0 aliphatic heterocycles. The fraction of sp³-hybridized carbons (Fsp3) is 0.111. The largest absolute Gasteiger partial charge is 0.115 e. The van der Waals surface area contributed by atoms with Crippen molar-refractivity contribution in [3.05, 3.63) is 115 Å². The van der Waals surface area contributed by atoms with Crippen LogP contribution in [-0.2, 0) is 0 Å². The van der Waals surface area contributed by atoms with Crippen LogP contribution in [-0.4, -0.2) is 8.07 Å². The summed E-state index contributed by atoms with van der Waals surface area (Å²) in [7, 11) is -2.42. The summed E-state index contributed by atoms with van der Waals surface area (Å²) in [4.78, 5) is 0. The van der Waals surface area contributed by atoms with Crippen molar-refractivity contribution in [3.63, 3.8) is 0 Å². The first-order valence-corrected chi connectivity index (χ1v) is 14.3. The number of benzene rings is 4. The van der Waals surface area contributed by atoms with E-state index in [1.807, 2.05) is 0 Å². The Hall–Kier alpha value is -2.47. The molecule has 0 spiro atoms. The third kappa shape index (κ3) is 3.99. The van der Waals surface area contributed by atoms with Crippen LogP contribution in [0.4, 0.5) is 0 Å². The molecule has 29 heavy (non-hydrogen) atoms. The Bertz CT molecular complexity index is 1010. The molecule has 0 N–H and O–H groups in total. The summed E-state index contributed by atoms with van der Waals surface area (Å²) in [5.74, 6) is 0. The van der Waals surface area contributed by atoms with E-state index < -0.39 is 16.0 Å². The average Bonchev–Trinajstić information content (AvgIpc) is 2.81. The second-order valence-electron chi connectivity index (χ2n) is 7.58. The molecular weight excluding hydrogens is 383 g/mol. The Morgan fingerprint density at radius 3 is 1.55 bits per heavy atom. The molecule has 0 aromatic heterocycles. The van der Waals surface area contributed by atoms with Crippen molar-refractivity contribution in [2.75, 3.05) is 0 Å². The van der Waals surface area contributed by atoms with Gasteiger partial charge in [-0.3, -0.25) is 0 Å². The lowest BCUT2D eigenvalue weighted by molar-refractivity contribution is 1.39. The van der Waals surface area contributed by atoms with Crippen LogP contribution >= 0.6 is 7.92 Å². The summed E-state index contributed by atoms with van der Waals surface area (Å²) in [5.41, 5.74) is 0. The summed E-state index contributed by atoms with van der Waals surface area (Å²) in [6, 6.07) is 43.7. The number of hydrogen-bond acceptors (Lipinski definition) is 0. The minimum atomic E-state index is -1.83. The lowest BCUT2D eigenvalue weighted by Gasteiger charge is -2.32. The first kappa shape index (κ1) is 19.8. The summed E-state index contributed by atoms with van der Waals surface area (Å²) < 4.78 is 0.